The largest absolute Gasteiger partial charge is 0.504 e. The zero-order valence-electron chi connectivity index (χ0n) is 8.35. The molecule has 0 spiro atoms. The maximum atomic E-state index is 13.3. The Morgan fingerprint density at radius 1 is 1.06 bits per heavy atom. The zero-order valence-corrected chi connectivity index (χ0v) is 8.35. The van der Waals surface area contributed by atoms with E-state index in [9.17, 15) is 14.3 Å². The van der Waals surface area contributed by atoms with E-state index >= 15 is 0 Å². The van der Waals surface area contributed by atoms with Gasteiger partial charge in [-0.15, -0.1) is 0 Å². The Morgan fingerprint density at radius 2 is 1.75 bits per heavy atom. The number of rotatable bonds is 2. The fourth-order valence-corrected chi connectivity index (χ4v) is 1.51. The van der Waals surface area contributed by atoms with Crippen LogP contribution in [0.25, 0.3) is 11.1 Å². The van der Waals surface area contributed by atoms with E-state index in [4.69, 9.17) is 0 Å². The zero-order chi connectivity index (χ0) is 11.5. The third kappa shape index (κ3) is 1.80. The fourth-order valence-electron chi connectivity index (χ4n) is 1.51. The van der Waals surface area contributed by atoms with Gasteiger partial charge in [0.15, 0.2) is 17.9 Å². The molecule has 2 aromatic carbocycles. The topological polar surface area (TPSA) is 37.3 Å². The summed E-state index contributed by atoms with van der Waals surface area (Å²) in [5, 5.41) is 9.26. The summed E-state index contributed by atoms with van der Waals surface area (Å²) >= 11 is 0. The monoisotopic (exact) mass is 216 g/mol. The van der Waals surface area contributed by atoms with Crippen LogP contribution in [-0.4, -0.2) is 11.4 Å². The molecule has 0 fully saturated rings. The van der Waals surface area contributed by atoms with E-state index in [1.165, 1.54) is 12.1 Å². The van der Waals surface area contributed by atoms with Gasteiger partial charge in [-0.05, 0) is 23.3 Å². The van der Waals surface area contributed by atoms with Crippen LogP contribution < -0.4 is 0 Å². The maximum Gasteiger partial charge on any atom is 0.166 e. The van der Waals surface area contributed by atoms with Gasteiger partial charge in [-0.2, -0.15) is 0 Å². The first-order valence-electron chi connectivity index (χ1n) is 4.75. The van der Waals surface area contributed by atoms with Crippen molar-refractivity contribution < 1.29 is 14.3 Å². The van der Waals surface area contributed by atoms with E-state index in [0.29, 0.717) is 11.8 Å². The van der Waals surface area contributed by atoms with E-state index in [-0.39, 0.29) is 5.56 Å². The summed E-state index contributed by atoms with van der Waals surface area (Å²) < 4.78 is 13.3. The first-order chi connectivity index (χ1) is 7.72. The van der Waals surface area contributed by atoms with Crippen molar-refractivity contribution in [2.75, 3.05) is 0 Å². The minimum absolute atomic E-state index is 0.0427. The van der Waals surface area contributed by atoms with Gasteiger partial charge in [-0.1, -0.05) is 30.3 Å². The summed E-state index contributed by atoms with van der Waals surface area (Å²) in [6, 6.07) is 11.8. The lowest BCUT2D eigenvalue weighted by Crippen LogP contribution is -1.88. The van der Waals surface area contributed by atoms with Gasteiger partial charge in [0.25, 0.3) is 0 Å². The van der Waals surface area contributed by atoms with E-state index in [0.717, 1.165) is 5.56 Å². The molecule has 2 nitrogen and oxygen atoms in total. The number of aromatic hydroxyl groups is 1. The summed E-state index contributed by atoms with van der Waals surface area (Å²) in [5.74, 6) is -1.39. The summed E-state index contributed by atoms with van der Waals surface area (Å²) in [4.78, 5) is 10.6. The van der Waals surface area contributed by atoms with Crippen LogP contribution >= 0.6 is 0 Å². The van der Waals surface area contributed by atoms with Crippen molar-refractivity contribution in [1.82, 2.24) is 0 Å². The number of halogens is 1. The van der Waals surface area contributed by atoms with Gasteiger partial charge >= 0.3 is 0 Å². The van der Waals surface area contributed by atoms with Gasteiger partial charge in [-0.25, -0.2) is 4.39 Å². The molecule has 0 saturated carbocycles. The van der Waals surface area contributed by atoms with Gasteiger partial charge in [-0.3, -0.25) is 4.79 Å². The number of aldehydes is 1. The lowest BCUT2D eigenvalue weighted by atomic mass is 10.0. The highest BCUT2D eigenvalue weighted by atomic mass is 19.1. The summed E-state index contributed by atoms with van der Waals surface area (Å²) in [7, 11) is 0. The van der Waals surface area contributed by atoms with Crippen LogP contribution in [0.4, 0.5) is 4.39 Å². The molecule has 0 aliphatic carbocycles. The number of carbonyl (C=O) groups excluding carboxylic acids is 1. The molecule has 0 saturated heterocycles. The molecular weight excluding hydrogens is 207 g/mol. The quantitative estimate of drug-likeness (QED) is 0.783. The van der Waals surface area contributed by atoms with Gasteiger partial charge in [0, 0.05) is 0 Å². The second-order valence-corrected chi connectivity index (χ2v) is 3.38. The van der Waals surface area contributed by atoms with Crippen molar-refractivity contribution in [3.63, 3.8) is 0 Å². The van der Waals surface area contributed by atoms with Crippen LogP contribution in [0, 0.1) is 5.82 Å². The predicted octanol–water partition coefficient (Wildman–Crippen LogP) is 3.01. The summed E-state index contributed by atoms with van der Waals surface area (Å²) in [6.07, 6.45) is 0.435. The molecule has 0 heterocycles. The minimum Gasteiger partial charge on any atom is -0.504 e. The molecule has 3 heteroatoms. The van der Waals surface area contributed by atoms with Gasteiger partial charge in [0.1, 0.15) is 0 Å². The van der Waals surface area contributed by atoms with Crippen molar-refractivity contribution >= 4 is 6.29 Å². The molecule has 80 valence electrons. The maximum absolute atomic E-state index is 13.3. The van der Waals surface area contributed by atoms with E-state index in [1.807, 2.05) is 18.2 Å². The summed E-state index contributed by atoms with van der Waals surface area (Å²) in [5.41, 5.74) is 1.32. The molecular formula is C13H9FO2. The Hall–Kier alpha value is -2.16. The molecule has 0 aliphatic rings. The summed E-state index contributed by atoms with van der Waals surface area (Å²) in [6.45, 7) is 0. The Bertz CT molecular complexity index is 521. The van der Waals surface area contributed by atoms with Crippen LogP contribution in [0.1, 0.15) is 10.4 Å². The third-order valence-electron chi connectivity index (χ3n) is 2.33. The SMILES string of the molecule is O=Cc1cc(-c2ccccc2)cc(F)c1O. The highest BCUT2D eigenvalue weighted by Gasteiger charge is 2.09. The van der Waals surface area contributed by atoms with Crippen LogP contribution in [0.2, 0.25) is 0 Å². The molecule has 2 rings (SSSR count). The van der Waals surface area contributed by atoms with E-state index in [2.05, 4.69) is 0 Å². The average Bonchev–Trinajstić information content (AvgIpc) is 2.33. The Labute approximate surface area is 92.0 Å². The van der Waals surface area contributed by atoms with Crippen LogP contribution in [0.15, 0.2) is 42.5 Å². The van der Waals surface area contributed by atoms with E-state index < -0.39 is 11.6 Å². The van der Waals surface area contributed by atoms with Gasteiger partial charge in [0.2, 0.25) is 0 Å². The highest BCUT2D eigenvalue weighted by Crippen LogP contribution is 2.27. The van der Waals surface area contributed by atoms with Crippen LogP contribution in [0.5, 0.6) is 5.75 Å². The van der Waals surface area contributed by atoms with Crippen LogP contribution in [-0.2, 0) is 0 Å². The van der Waals surface area contributed by atoms with Crippen molar-refractivity contribution in [2.45, 2.75) is 0 Å². The molecule has 2 aromatic rings. The van der Waals surface area contributed by atoms with E-state index in [1.54, 1.807) is 12.1 Å². The Morgan fingerprint density at radius 3 is 2.38 bits per heavy atom. The number of phenolic OH excluding ortho intramolecular Hbond substituents is 1. The first-order valence-corrected chi connectivity index (χ1v) is 4.75. The molecule has 16 heavy (non-hydrogen) atoms. The average molecular weight is 216 g/mol. The highest BCUT2D eigenvalue weighted by molar-refractivity contribution is 5.82. The molecule has 0 unspecified atom stereocenters. The third-order valence-corrected chi connectivity index (χ3v) is 2.33. The number of phenols is 1. The second kappa shape index (κ2) is 4.14. The molecule has 0 radical (unpaired) electrons. The molecule has 0 bridgehead atoms. The van der Waals surface area contributed by atoms with Crippen molar-refractivity contribution in [1.29, 1.82) is 0 Å². The molecule has 0 atom stereocenters. The first kappa shape index (κ1) is 10.4. The van der Waals surface area contributed by atoms with Crippen molar-refractivity contribution in [2.24, 2.45) is 0 Å². The molecule has 0 aromatic heterocycles. The van der Waals surface area contributed by atoms with Crippen molar-refractivity contribution in [3.8, 4) is 16.9 Å². The number of hydrogen-bond acceptors (Lipinski definition) is 2. The number of benzene rings is 2. The lowest BCUT2D eigenvalue weighted by Gasteiger charge is -2.05. The van der Waals surface area contributed by atoms with Crippen LogP contribution in [0.3, 0.4) is 0 Å². The fraction of sp³-hybridized carbons (Fsp3) is 0. The normalized spacial score (nSPS) is 10.1. The number of carbonyl (C=O) groups is 1. The van der Waals surface area contributed by atoms with Crippen molar-refractivity contribution in [3.05, 3.63) is 53.8 Å². The predicted molar refractivity (Wildman–Crippen MR) is 58.9 cm³/mol. The number of hydrogen-bond donors (Lipinski definition) is 1. The smallest absolute Gasteiger partial charge is 0.166 e. The molecule has 1 N–H and O–H groups in total. The Balaban J connectivity index is 2.59. The second-order valence-electron chi connectivity index (χ2n) is 3.38. The molecule has 0 amide bonds. The van der Waals surface area contributed by atoms with Gasteiger partial charge < -0.3 is 5.11 Å². The van der Waals surface area contributed by atoms with Gasteiger partial charge in [0.05, 0.1) is 5.56 Å². The Kier molecular flexibility index (Phi) is 2.68. The minimum atomic E-state index is -0.788. The molecule has 0 aliphatic heterocycles. The standard InChI is InChI=1S/C13H9FO2/c14-12-7-10(6-11(8-15)13(12)16)9-4-2-1-3-5-9/h1-8,16H. The lowest BCUT2D eigenvalue weighted by molar-refractivity contribution is 0.112.